The molecule has 0 saturated carbocycles. The number of nitrogens with one attached hydrogen (secondary N) is 1. The number of halogens is 3. The Morgan fingerprint density at radius 2 is 1.92 bits per heavy atom. The number of fused-ring (bicyclic) bond motifs is 1. The van der Waals surface area contributed by atoms with Gasteiger partial charge < -0.3 is 19.7 Å². The molecule has 192 valence electrons. The molecule has 0 spiro atoms. The van der Waals surface area contributed by atoms with Crippen molar-refractivity contribution in [2.24, 2.45) is 0 Å². The molecule has 1 saturated heterocycles. The fraction of sp³-hybridized carbons (Fsp3) is 0.435. The summed E-state index contributed by atoms with van der Waals surface area (Å²) in [6.45, 7) is 2.53. The Bertz CT molecular complexity index is 1230. The highest BCUT2D eigenvalue weighted by molar-refractivity contribution is 5.90. The van der Waals surface area contributed by atoms with Gasteiger partial charge in [0.15, 0.2) is 0 Å². The molecule has 36 heavy (non-hydrogen) atoms. The van der Waals surface area contributed by atoms with Crippen LogP contribution in [0.5, 0.6) is 6.01 Å². The van der Waals surface area contributed by atoms with Crippen molar-refractivity contribution in [3.05, 3.63) is 51.7 Å². The molecule has 13 heteroatoms. The van der Waals surface area contributed by atoms with Crippen molar-refractivity contribution >= 4 is 28.2 Å². The van der Waals surface area contributed by atoms with Crippen molar-refractivity contribution < 1.29 is 27.6 Å². The molecule has 3 aromatic rings. The molecule has 1 fully saturated rings. The van der Waals surface area contributed by atoms with Crippen molar-refractivity contribution in [3.8, 4) is 6.01 Å². The van der Waals surface area contributed by atoms with Gasteiger partial charge in [-0.3, -0.25) is 10.1 Å². The van der Waals surface area contributed by atoms with Crippen LogP contribution in [0.4, 0.5) is 30.5 Å². The molecule has 2 aromatic heterocycles. The predicted molar refractivity (Wildman–Crippen MR) is 126 cm³/mol. The molecule has 1 aromatic carbocycles. The highest BCUT2D eigenvalue weighted by Crippen LogP contribution is 2.33. The van der Waals surface area contributed by atoms with E-state index in [1.807, 2.05) is 6.07 Å². The lowest BCUT2D eigenvalue weighted by Gasteiger charge is -2.18. The van der Waals surface area contributed by atoms with Crippen LogP contribution in [0.1, 0.15) is 24.0 Å². The Hall–Kier alpha value is -3.74. The van der Waals surface area contributed by atoms with E-state index in [1.54, 1.807) is 13.3 Å². The van der Waals surface area contributed by atoms with Crippen molar-refractivity contribution in [2.45, 2.75) is 25.4 Å². The van der Waals surface area contributed by atoms with Gasteiger partial charge in [0, 0.05) is 44.3 Å². The predicted octanol–water partition coefficient (Wildman–Crippen LogP) is 4.23. The van der Waals surface area contributed by atoms with E-state index in [0.29, 0.717) is 29.4 Å². The summed E-state index contributed by atoms with van der Waals surface area (Å²) in [5.41, 5.74) is -0.951. The lowest BCUT2D eigenvalue weighted by molar-refractivity contribution is -0.385. The number of methoxy groups -OCH3 is 1. The van der Waals surface area contributed by atoms with Crippen LogP contribution >= 0.6 is 0 Å². The van der Waals surface area contributed by atoms with E-state index >= 15 is 0 Å². The first-order chi connectivity index (χ1) is 17.2. The number of nitro benzene ring substituents is 1. The summed E-state index contributed by atoms with van der Waals surface area (Å²) in [5.74, 6) is 1.21. The van der Waals surface area contributed by atoms with E-state index in [4.69, 9.17) is 9.47 Å². The Morgan fingerprint density at radius 3 is 2.61 bits per heavy atom. The summed E-state index contributed by atoms with van der Waals surface area (Å²) >= 11 is 0. The molecule has 1 N–H and O–H groups in total. The maximum absolute atomic E-state index is 13.2. The van der Waals surface area contributed by atoms with Gasteiger partial charge in [-0.15, -0.1) is 0 Å². The number of aromatic nitrogens is 3. The van der Waals surface area contributed by atoms with Gasteiger partial charge in [-0.2, -0.15) is 23.1 Å². The number of rotatable bonds is 10. The molecule has 1 aliphatic heterocycles. The molecule has 0 radical (unpaired) electrons. The van der Waals surface area contributed by atoms with Crippen LogP contribution in [-0.4, -0.2) is 59.8 Å². The minimum absolute atomic E-state index is 0.0974. The van der Waals surface area contributed by atoms with Crippen molar-refractivity contribution in [1.29, 1.82) is 0 Å². The van der Waals surface area contributed by atoms with Gasteiger partial charge in [0.2, 0.25) is 0 Å². The topological polar surface area (TPSA) is 116 Å². The van der Waals surface area contributed by atoms with E-state index in [2.05, 4.69) is 25.2 Å². The third kappa shape index (κ3) is 6.08. The molecule has 10 nitrogen and oxygen atoms in total. The standard InChI is InChI=1S/C23H25F3N6O4/c1-35-8-9-36-22-29-19-14-28-20(31-6-2-3-7-31)13-18(19)21(30-22)27-5-4-15-10-16(23(24,25)26)12-17(11-15)32(33)34/h10-14H,2-9H2,1H3,(H,27,29,30). The smallest absolute Gasteiger partial charge is 0.416 e. The van der Waals surface area contributed by atoms with Gasteiger partial charge in [-0.05, 0) is 37.0 Å². The van der Waals surface area contributed by atoms with Crippen molar-refractivity contribution in [1.82, 2.24) is 15.0 Å². The number of hydrogen-bond acceptors (Lipinski definition) is 9. The molecule has 0 bridgehead atoms. The molecule has 0 aliphatic carbocycles. The summed E-state index contributed by atoms with van der Waals surface area (Å²) in [5, 5.41) is 14.9. The maximum Gasteiger partial charge on any atom is 0.416 e. The van der Waals surface area contributed by atoms with Gasteiger partial charge in [0.1, 0.15) is 18.2 Å². The largest absolute Gasteiger partial charge is 0.461 e. The second-order valence-electron chi connectivity index (χ2n) is 8.27. The van der Waals surface area contributed by atoms with Crippen LogP contribution < -0.4 is 15.0 Å². The van der Waals surface area contributed by atoms with E-state index < -0.39 is 22.4 Å². The van der Waals surface area contributed by atoms with Crippen LogP contribution in [0.15, 0.2) is 30.5 Å². The number of nitrogens with zero attached hydrogens (tertiary/aromatic N) is 5. The zero-order valence-electron chi connectivity index (χ0n) is 19.5. The van der Waals surface area contributed by atoms with Crippen LogP contribution in [0, 0.1) is 10.1 Å². The summed E-state index contributed by atoms with van der Waals surface area (Å²) in [7, 11) is 1.54. The van der Waals surface area contributed by atoms with Crippen molar-refractivity contribution in [3.63, 3.8) is 0 Å². The molecule has 1 aliphatic rings. The van der Waals surface area contributed by atoms with Gasteiger partial charge >= 0.3 is 12.2 Å². The zero-order valence-corrected chi connectivity index (χ0v) is 19.5. The van der Waals surface area contributed by atoms with E-state index in [-0.39, 0.29) is 31.1 Å². The number of non-ortho nitro benzene ring substituents is 1. The number of alkyl halides is 3. The number of ether oxygens (including phenoxy) is 2. The van der Waals surface area contributed by atoms with Gasteiger partial charge in [-0.25, -0.2) is 4.98 Å². The lowest BCUT2D eigenvalue weighted by atomic mass is 10.1. The quantitative estimate of drug-likeness (QED) is 0.245. The van der Waals surface area contributed by atoms with Crippen LogP contribution in [0.2, 0.25) is 0 Å². The van der Waals surface area contributed by atoms with E-state index in [9.17, 15) is 23.3 Å². The molecule has 0 amide bonds. The SMILES string of the molecule is COCCOc1nc(NCCc2cc([N+](=O)[O-])cc(C(F)(F)F)c2)c2cc(N3CCCC3)ncc2n1. The number of nitro groups is 1. The molecule has 3 heterocycles. The fourth-order valence-corrected chi connectivity index (χ4v) is 3.95. The third-order valence-electron chi connectivity index (χ3n) is 5.72. The zero-order chi connectivity index (χ0) is 25.7. The number of benzene rings is 1. The van der Waals surface area contributed by atoms with E-state index in [1.165, 1.54) is 0 Å². The van der Waals surface area contributed by atoms with Gasteiger partial charge in [0.05, 0.1) is 28.8 Å². The van der Waals surface area contributed by atoms with E-state index in [0.717, 1.165) is 43.9 Å². The summed E-state index contributed by atoms with van der Waals surface area (Å²) < 4.78 is 50.2. The minimum atomic E-state index is -4.69. The molecule has 0 atom stereocenters. The first-order valence-corrected chi connectivity index (χ1v) is 11.4. The highest BCUT2D eigenvalue weighted by Gasteiger charge is 2.32. The first kappa shape index (κ1) is 25.4. The summed E-state index contributed by atoms with van der Waals surface area (Å²) in [4.78, 5) is 25.8. The normalized spacial score (nSPS) is 13.8. The Morgan fingerprint density at radius 1 is 1.14 bits per heavy atom. The third-order valence-corrected chi connectivity index (χ3v) is 5.72. The molecule has 0 unspecified atom stereocenters. The highest BCUT2D eigenvalue weighted by atomic mass is 19.4. The molecular formula is C23H25F3N6O4. The summed E-state index contributed by atoms with van der Waals surface area (Å²) in [6, 6.07) is 4.57. The average Bonchev–Trinajstić information content (AvgIpc) is 3.38. The number of hydrogen-bond donors (Lipinski definition) is 1. The monoisotopic (exact) mass is 506 g/mol. The van der Waals surface area contributed by atoms with Crippen LogP contribution in [-0.2, 0) is 17.3 Å². The minimum Gasteiger partial charge on any atom is -0.461 e. The van der Waals surface area contributed by atoms with Gasteiger partial charge in [0.25, 0.3) is 5.69 Å². The Labute approximate surface area is 204 Å². The first-order valence-electron chi connectivity index (χ1n) is 11.4. The maximum atomic E-state index is 13.2. The lowest BCUT2D eigenvalue weighted by Crippen LogP contribution is -2.19. The fourth-order valence-electron chi connectivity index (χ4n) is 3.95. The Balaban J connectivity index is 1.59. The Kier molecular flexibility index (Phi) is 7.67. The number of anilines is 2. The van der Waals surface area contributed by atoms with Crippen LogP contribution in [0.3, 0.4) is 0 Å². The van der Waals surface area contributed by atoms with Gasteiger partial charge in [-0.1, -0.05) is 0 Å². The van der Waals surface area contributed by atoms with Crippen LogP contribution in [0.25, 0.3) is 10.9 Å². The number of pyridine rings is 1. The summed E-state index contributed by atoms with van der Waals surface area (Å²) in [6.07, 6.45) is -0.798. The second-order valence-corrected chi connectivity index (χ2v) is 8.27. The molecule has 4 rings (SSSR count). The second kappa shape index (κ2) is 10.9. The average molecular weight is 506 g/mol. The molecular weight excluding hydrogens is 481 g/mol. The van der Waals surface area contributed by atoms with Crippen molar-refractivity contribution in [2.75, 3.05) is 50.2 Å².